The zero-order valence-corrected chi connectivity index (χ0v) is 13.9. The van der Waals surface area contributed by atoms with Gasteiger partial charge in [-0.1, -0.05) is 48.0 Å². The van der Waals surface area contributed by atoms with Crippen molar-refractivity contribution < 1.29 is 14.3 Å². The summed E-state index contributed by atoms with van der Waals surface area (Å²) in [5, 5.41) is 5.54. The smallest absolute Gasteiger partial charge is 0.250 e. The van der Waals surface area contributed by atoms with Gasteiger partial charge in [-0.05, 0) is 31.5 Å². The van der Waals surface area contributed by atoms with E-state index in [9.17, 15) is 9.59 Å². The number of amides is 2. The van der Waals surface area contributed by atoms with E-state index in [0.717, 1.165) is 11.1 Å². The van der Waals surface area contributed by atoms with Crippen LogP contribution in [0.3, 0.4) is 0 Å². The van der Waals surface area contributed by atoms with Gasteiger partial charge in [0, 0.05) is 5.69 Å². The number of hydrogen-bond donors (Lipinski definition) is 2. The van der Waals surface area contributed by atoms with Gasteiger partial charge in [-0.2, -0.15) is 0 Å². The summed E-state index contributed by atoms with van der Waals surface area (Å²) in [6.07, 6.45) is 0. The Balaban J connectivity index is 1.68. The minimum absolute atomic E-state index is 0.108. The number of hydrogen-bond acceptors (Lipinski definition) is 3. The quantitative estimate of drug-likeness (QED) is 0.822. The second-order valence-electron chi connectivity index (χ2n) is 5.61. The van der Waals surface area contributed by atoms with Crippen molar-refractivity contribution in [3.8, 4) is 0 Å². The van der Waals surface area contributed by atoms with E-state index in [1.165, 1.54) is 0 Å². The monoisotopic (exact) mass is 326 g/mol. The third kappa shape index (κ3) is 5.85. The maximum Gasteiger partial charge on any atom is 0.250 e. The summed E-state index contributed by atoms with van der Waals surface area (Å²) in [7, 11) is 0. The Bertz CT molecular complexity index is 669. The molecule has 0 unspecified atom stereocenters. The van der Waals surface area contributed by atoms with Crippen molar-refractivity contribution in [3.05, 3.63) is 65.7 Å². The van der Waals surface area contributed by atoms with E-state index in [1.54, 1.807) is 0 Å². The molecule has 0 heterocycles. The van der Waals surface area contributed by atoms with Gasteiger partial charge in [0.2, 0.25) is 11.8 Å². The molecule has 2 aromatic carbocycles. The second-order valence-corrected chi connectivity index (χ2v) is 5.61. The Kier molecular flexibility index (Phi) is 6.51. The zero-order valence-electron chi connectivity index (χ0n) is 13.9. The number of aryl methyl sites for hydroxylation is 1. The van der Waals surface area contributed by atoms with Gasteiger partial charge >= 0.3 is 0 Å². The van der Waals surface area contributed by atoms with Crippen LogP contribution in [0.25, 0.3) is 0 Å². The van der Waals surface area contributed by atoms with E-state index < -0.39 is 0 Å². The van der Waals surface area contributed by atoms with E-state index >= 15 is 0 Å². The van der Waals surface area contributed by atoms with Gasteiger partial charge < -0.3 is 15.4 Å². The summed E-state index contributed by atoms with van der Waals surface area (Å²) in [5.74, 6) is -0.544. The van der Waals surface area contributed by atoms with E-state index in [-0.39, 0.29) is 31.1 Å². The Hall–Kier alpha value is -2.66. The number of nitrogens with one attached hydrogen (secondary N) is 2. The largest absolute Gasteiger partial charge is 0.362 e. The molecule has 0 radical (unpaired) electrons. The van der Waals surface area contributed by atoms with Crippen LogP contribution in [0.15, 0.2) is 54.6 Å². The van der Waals surface area contributed by atoms with Crippen LogP contribution in [-0.2, 0) is 14.3 Å². The molecule has 2 aromatic rings. The fourth-order valence-corrected chi connectivity index (χ4v) is 2.18. The average Bonchev–Trinajstić information content (AvgIpc) is 2.57. The molecule has 24 heavy (non-hydrogen) atoms. The third-order valence-corrected chi connectivity index (χ3v) is 3.48. The lowest BCUT2D eigenvalue weighted by Crippen LogP contribution is -2.31. The summed E-state index contributed by atoms with van der Waals surface area (Å²) in [6.45, 7) is 3.56. The van der Waals surface area contributed by atoms with Crippen LogP contribution in [0.2, 0.25) is 0 Å². The first-order valence-corrected chi connectivity index (χ1v) is 7.83. The van der Waals surface area contributed by atoms with Crippen LogP contribution < -0.4 is 10.6 Å². The summed E-state index contributed by atoms with van der Waals surface area (Å²) in [6, 6.07) is 17.0. The average molecular weight is 326 g/mol. The van der Waals surface area contributed by atoms with Crippen molar-refractivity contribution in [1.29, 1.82) is 0 Å². The first-order valence-electron chi connectivity index (χ1n) is 7.83. The van der Waals surface area contributed by atoms with E-state index in [2.05, 4.69) is 10.6 Å². The van der Waals surface area contributed by atoms with E-state index in [4.69, 9.17) is 4.74 Å². The first kappa shape index (κ1) is 17.7. The maximum absolute atomic E-state index is 11.8. The lowest BCUT2D eigenvalue weighted by molar-refractivity contribution is -0.129. The fraction of sp³-hybridized carbons (Fsp3) is 0.263. The molecule has 5 nitrogen and oxygen atoms in total. The van der Waals surface area contributed by atoms with Gasteiger partial charge in [-0.3, -0.25) is 9.59 Å². The highest BCUT2D eigenvalue weighted by molar-refractivity contribution is 5.91. The number of rotatable bonds is 7. The predicted molar refractivity (Wildman–Crippen MR) is 93.6 cm³/mol. The van der Waals surface area contributed by atoms with Gasteiger partial charge in [0.25, 0.3) is 0 Å². The number of carbonyl (C=O) groups is 2. The molecule has 0 aliphatic rings. The SMILES string of the molecule is Cc1ccc(NC(=O)COCC(=O)N[C@H](C)c2ccccc2)cc1. The second kappa shape index (κ2) is 8.84. The van der Waals surface area contributed by atoms with Gasteiger partial charge in [0.05, 0.1) is 6.04 Å². The highest BCUT2D eigenvalue weighted by Gasteiger charge is 2.10. The molecule has 0 fully saturated rings. The normalized spacial score (nSPS) is 11.6. The van der Waals surface area contributed by atoms with E-state index in [0.29, 0.717) is 5.69 Å². The van der Waals surface area contributed by atoms with Gasteiger partial charge in [-0.15, -0.1) is 0 Å². The number of ether oxygens (including phenoxy) is 1. The molecule has 2 rings (SSSR count). The Morgan fingerprint density at radius 2 is 1.58 bits per heavy atom. The van der Waals surface area contributed by atoms with Gasteiger partial charge in [0.15, 0.2) is 0 Å². The maximum atomic E-state index is 11.8. The van der Waals surface area contributed by atoms with Crippen molar-refractivity contribution in [1.82, 2.24) is 5.32 Å². The topological polar surface area (TPSA) is 67.4 Å². The summed E-state index contributed by atoms with van der Waals surface area (Å²) < 4.78 is 5.17. The highest BCUT2D eigenvalue weighted by Crippen LogP contribution is 2.11. The van der Waals surface area contributed by atoms with Crippen molar-refractivity contribution >= 4 is 17.5 Å². The Labute approximate surface area is 142 Å². The molecule has 0 saturated carbocycles. The molecule has 0 bridgehead atoms. The summed E-state index contributed by atoms with van der Waals surface area (Å²) >= 11 is 0. The summed E-state index contributed by atoms with van der Waals surface area (Å²) in [5.41, 5.74) is 2.84. The molecule has 2 N–H and O–H groups in total. The Morgan fingerprint density at radius 1 is 0.958 bits per heavy atom. The van der Waals surface area contributed by atoms with Crippen LogP contribution in [-0.4, -0.2) is 25.0 Å². The number of benzene rings is 2. The molecule has 1 atom stereocenters. The lowest BCUT2D eigenvalue weighted by Gasteiger charge is -2.14. The molecule has 0 saturated heterocycles. The standard InChI is InChI=1S/C19H22N2O3/c1-14-8-10-17(11-9-14)21-19(23)13-24-12-18(22)20-15(2)16-6-4-3-5-7-16/h3-11,15H,12-13H2,1-2H3,(H,20,22)(H,21,23)/t15-/m1/s1. The molecular formula is C19H22N2O3. The molecular weight excluding hydrogens is 304 g/mol. The van der Waals surface area contributed by atoms with Crippen LogP contribution in [0.1, 0.15) is 24.1 Å². The lowest BCUT2D eigenvalue weighted by atomic mass is 10.1. The first-order chi connectivity index (χ1) is 11.5. The minimum atomic E-state index is -0.289. The Morgan fingerprint density at radius 3 is 2.25 bits per heavy atom. The predicted octanol–water partition coefficient (Wildman–Crippen LogP) is 2.83. The molecule has 126 valence electrons. The van der Waals surface area contributed by atoms with Gasteiger partial charge in [-0.25, -0.2) is 0 Å². The number of anilines is 1. The van der Waals surface area contributed by atoms with E-state index in [1.807, 2.05) is 68.4 Å². The third-order valence-electron chi connectivity index (χ3n) is 3.48. The fourth-order valence-electron chi connectivity index (χ4n) is 2.18. The zero-order chi connectivity index (χ0) is 17.4. The molecule has 5 heteroatoms. The number of carbonyl (C=O) groups excluding carboxylic acids is 2. The summed E-state index contributed by atoms with van der Waals surface area (Å²) in [4.78, 5) is 23.6. The highest BCUT2D eigenvalue weighted by atomic mass is 16.5. The molecule has 2 amide bonds. The van der Waals surface area contributed by atoms with Crippen LogP contribution in [0, 0.1) is 6.92 Å². The van der Waals surface area contributed by atoms with Crippen molar-refractivity contribution in [2.75, 3.05) is 18.5 Å². The van der Waals surface area contributed by atoms with Crippen molar-refractivity contribution in [2.24, 2.45) is 0 Å². The minimum Gasteiger partial charge on any atom is -0.362 e. The van der Waals surface area contributed by atoms with Crippen LogP contribution >= 0.6 is 0 Å². The van der Waals surface area contributed by atoms with Crippen LogP contribution in [0.5, 0.6) is 0 Å². The molecule has 0 aliphatic heterocycles. The van der Waals surface area contributed by atoms with Crippen molar-refractivity contribution in [3.63, 3.8) is 0 Å². The van der Waals surface area contributed by atoms with Crippen molar-refractivity contribution in [2.45, 2.75) is 19.9 Å². The molecule has 0 spiro atoms. The van der Waals surface area contributed by atoms with Gasteiger partial charge in [0.1, 0.15) is 13.2 Å². The van der Waals surface area contributed by atoms with Crippen LogP contribution in [0.4, 0.5) is 5.69 Å². The molecule has 0 aliphatic carbocycles. The molecule has 0 aromatic heterocycles.